The Morgan fingerprint density at radius 3 is 2.43 bits per heavy atom. The predicted molar refractivity (Wildman–Crippen MR) is 78.1 cm³/mol. The van der Waals surface area contributed by atoms with Gasteiger partial charge in [0.1, 0.15) is 6.33 Å². The van der Waals surface area contributed by atoms with Gasteiger partial charge in [-0.1, -0.05) is 12.8 Å². The fraction of sp³-hybridized carbons (Fsp3) is 0.375. The van der Waals surface area contributed by atoms with Crippen molar-refractivity contribution in [3.8, 4) is 6.07 Å². The van der Waals surface area contributed by atoms with E-state index in [1.807, 2.05) is 12.1 Å². The highest BCUT2D eigenvalue weighted by atomic mass is 15.0. The third-order valence-electron chi connectivity index (χ3n) is 4.02. The Bertz CT molecular complexity index is 575. The molecule has 0 saturated heterocycles. The number of hydrogen-bond acceptors (Lipinski definition) is 5. The van der Waals surface area contributed by atoms with Gasteiger partial charge in [-0.15, -0.1) is 0 Å². The van der Waals surface area contributed by atoms with Crippen molar-refractivity contribution in [2.45, 2.75) is 37.3 Å². The molecule has 106 valence electrons. The molecule has 0 aromatic carbocycles. The Balaban J connectivity index is 2.06. The second-order valence-corrected chi connectivity index (χ2v) is 5.32. The lowest BCUT2D eigenvalue weighted by Crippen LogP contribution is -2.47. The number of nitrogens with one attached hydrogen (secondary N) is 1. The second-order valence-electron chi connectivity index (χ2n) is 5.32. The maximum absolute atomic E-state index is 9.95. The molecule has 5 nitrogen and oxygen atoms in total. The zero-order chi connectivity index (χ0) is 14.5. The normalized spacial score (nSPS) is 18.0. The Labute approximate surface area is 124 Å². The van der Waals surface area contributed by atoms with Crippen molar-refractivity contribution < 1.29 is 0 Å². The quantitative estimate of drug-likeness (QED) is 0.928. The molecule has 0 bridgehead atoms. The molecule has 1 fully saturated rings. The molecule has 1 atom stereocenters. The number of nitrogens with zero attached hydrogens (tertiary/aromatic N) is 4. The van der Waals surface area contributed by atoms with Crippen LogP contribution < -0.4 is 5.32 Å². The van der Waals surface area contributed by atoms with E-state index in [4.69, 9.17) is 0 Å². The molecule has 0 radical (unpaired) electrons. The molecule has 2 heterocycles. The minimum Gasteiger partial charge on any atom is -0.288 e. The van der Waals surface area contributed by atoms with Gasteiger partial charge < -0.3 is 0 Å². The van der Waals surface area contributed by atoms with Crippen LogP contribution in [-0.2, 0) is 5.54 Å². The van der Waals surface area contributed by atoms with Crippen molar-refractivity contribution in [1.29, 1.82) is 5.26 Å². The largest absolute Gasteiger partial charge is 0.288 e. The van der Waals surface area contributed by atoms with Crippen molar-refractivity contribution in [3.05, 3.63) is 54.4 Å². The van der Waals surface area contributed by atoms with Crippen LogP contribution >= 0.6 is 0 Å². The molecule has 1 aliphatic carbocycles. The Morgan fingerprint density at radius 1 is 1.10 bits per heavy atom. The third kappa shape index (κ3) is 2.63. The van der Waals surface area contributed by atoms with Crippen molar-refractivity contribution in [2.24, 2.45) is 0 Å². The van der Waals surface area contributed by atoms with Crippen molar-refractivity contribution >= 4 is 0 Å². The van der Waals surface area contributed by atoms with Gasteiger partial charge in [-0.3, -0.25) is 10.3 Å². The highest BCUT2D eigenvalue weighted by Gasteiger charge is 2.38. The van der Waals surface area contributed by atoms with Crippen LogP contribution in [0.15, 0.2) is 43.1 Å². The van der Waals surface area contributed by atoms with Gasteiger partial charge in [-0.05, 0) is 36.6 Å². The molecule has 2 aromatic rings. The lowest BCUT2D eigenvalue weighted by Gasteiger charge is -2.31. The third-order valence-corrected chi connectivity index (χ3v) is 4.02. The van der Waals surface area contributed by atoms with E-state index < -0.39 is 5.54 Å². The summed E-state index contributed by atoms with van der Waals surface area (Å²) < 4.78 is 0. The first-order valence-corrected chi connectivity index (χ1v) is 7.21. The van der Waals surface area contributed by atoms with Crippen LogP contribution in [-0.4, -0.2) is 21.0 Å². The average Bonchev–Trinajstić information content (AvgIpc) is 3.07. The first-order chi connectivity index (χ1) is 10.3. The average molecular weight is 279 g/mol. The Morgan fingerprint density at radius 2 is 1.81 bits per heavy atom. The molecule has 0 aliphatic heterocycles. The summed E-state index contributed by atoms with van der Waals surface area (Å²) in [5, 5.41) is 13.5. The van der Waals surface area contributed by atoms with E-state index in [1.165, 1.54) is 19.2 Å². The summed E-state index contributed by atoms with van der Waals surface area (Å²) in [6, 6.07) is 8.32. The SMILES string of the molecule is N#CC(NC1CCCC1)(c1ccncc1)c1ccncn1. The van der Waals surface area contributed by atoms with Crippen molar-refractivity contribution in [2.75, 3.05) is 0 Å². The summed E-state index contributed by atoms with van der Waals surface area (Å²) in [5.41, 5.74) is 0.602. The summed E-state index contributed by atoms with van der Waals surface area (Å²) in [6.45, 7) is 0. The molecular weight excluding hydrogens is 262 g/mol. The van der Waals surface area contributed by atoms with E-state index >= 15 is 0 Å². The fourth-order valence-electron chi connectivity index (χ4n) is 2.95. The molecule has 0 spiro atoms. The molecule has 2 aromatic heterocycles. The molecule has 1 N–H and O–H groups in total. The van der Waals surface area contributed by atoms with Crippen LogP contribution in [0.2, 0.25) is 0 Å². The molecule has 1 unspecified atom stereocenters. The molecule has 0 amide bonds. The molecule has 1 saturated carbocycles. The smallest absolute Gasteiger partial charge is 0.175 e. The van der Waals surface area contributed by atoms with Crippen molar-refractivity contribution in [3.63, 3.8) is 0 Å². The van der Waals surface area contributed by atoms with Crippen LogP contribution in [0.3, 0.4) is 0 Å². The van der Waals surface area contributed by atoms with E-state index in [0.29, 0.717) is 11.7 Å². The van der Waals surface area contributed by atoms with Crippen molar-refractivity contribution in [1.82, 2.24) is 20.3 Å². The minimum atomic E-state index is -0.944. The van der Waals surface area contributed by atoms with Gasteiger partial charge in [0.2, 0.25) is 0 Å². The summed E-state index contributed by atoms with van der Waals surface area (Å²) in [6.07, 6.45) is 11.2. The fourth-order valence-corrected chi connectivity index (χ4v) is 2.95. The summed E-state index contributed by atoms with van der Waals surface area (Å²) in [4.78, 5) is 12.3. The lowest BCUT2D eigenvalue weighted by atomic mass is 9.87. The molecule has 3 rings (SSSR count). The maximum atomic E-state index is 9.95. The summed E-state index contributed by atoms with van der Waals surface area (Å²) >= 11 is 0. The van der Waals surface area contributed by atoms with Crippen LogP contribution in [0.5, 0.6) is 0 Å². The molecule has 1 aliphatic rings. The zero-order valence-corrected chi connectivity index (χ0v) is 11.7. The summed E-state index contributed by atoms with van der Waals surface area (Å²) in [7, 11) is 0. The first-order valence-electron chi connectivity index (χ1n) is 7.21. The molecule has 21 heavy (non-hydrogen) atoms. The monoisotopic (exact) mass is 279 g/mol. The van der Waals surface area contributed by atoms with Crippen LogP contribution in [0, 0.1) is 11.3 Å². The first kappa shape index (κ1) is 13.7. The van der Waals surface area contributed by atoms with Crippen LogP contribution in [0.1, 0.15) is 36.9 Å². The number of aromatic nitrogens is 3. The highest BCUT2D eigenvalue weighted by molar-refractivity contribution is 5.40. The van der Waals surface area contributed by atoms with Gasteiger partial charge in [-0.25, -0.2) is 9.97 Å². The van der Waals surface area contributed by atoms with Crippen LogP contribution in [0.25, 0.3) is 0 Å². The van der Waals surface area contributed by atoms with E-state index in [-0.39, 0.29) is 0 Å². The topological polar surface area (TPSA) is 74.5 Å². The van der Waals surface area contributed by atoms with E-state index in [0.717, 1.165) is 18.4 Å². The Kier molecular flexibility index (Phi) is 3.89. The second kappa shape index (κ2) is 5.98. The van der Waals surface area contributed by atoms with Gasteiger partial charge in [0.25, 0.3) is 0 Å². The number of pyridine rings is 1. The standard InChI is InChI=1S/C16H17N5/c17-11-16(13-5-8-18-9-6-13,15-7-10-19-12-20-15)21-14-3-1-2-4-14/h5-10,12,14,21H,1-4H2. The number of rotatable bonds is 4. The predicted octanol–water partition coefficient (Wildman–Crippen LogP) is 2.17. The summed E-state index contributed by atoms with van der Waals surface area (Å²) in [5.74, 6) is 0. The molecule has 5 heteroatoms. The lowest BCUT2D eigenvalue weighted by molar-refractivity contribution is 0.404. The van der Waals surface area contributed by atoms with Gasteiger partial charge in [0.05, 0.1) is 11.8 Å². The zero-order valence-electron chi connectivity index (χ0n) is 11.7. The van der Waals surface area contributed by atoms with Crippen LogP contribution in [0.4, 0.5) is 0 Å². The van der Waals surface area contributed by atoms with Gasteiger partial charge in [0, 0.05) is 24.6 Å². The maximum Gasteiger partial charge on any atom is 0.175 e. The minimum absolute atomic E-state index is 0.341. The van der Waals surface area contributed by atoms with Gasteiger partial charge in [0.15, 0.2) is 5.54 Å². The highest BCUT2D eigenvalue weighted by Crippen LogP contribution is 2.30. The number of hydrogen-bond donors (Lipinski definition) is 1. The number of nitriles is 1. The Hall–Kier alpha value is -2.32. The van der Waals surface area contributed by atoms with Gasteiger partial charge in [-0.2, -0.15) is 5.26 Å². The van der Waals surface area contributed by atoms with E-state index in [2.05, 4.69) is 26.3 Å². The van der Waals surface area contributed by atoms with E-state index in [9.17, 15) is 5.26 Å². The van der Waals surface area contributed by atoms with E-state index in [1.54, 1.807) is 24.7 Å². The van der Waals surface area contributed by atoms with Gasteiger partial charge >= 0.3 is 0 Å². The molecular formula is C16H17N5.